The van der Waals surface area contributed by atoms with Crippen LogP contribution in [0, 0.1) is 0 Å². The molecule has 7 nitrogen and oxygen atoms in total. The summed E-state index contributed by atoms with van der Waals surface area (Å²) in [5.74, 6) is 1.35. The summed E-state index contributed by atoms with van der Waals surface area (Å²) in [6, 6.07) is 12.4. The number of rotatable bonds is 5. The van der Waals surface area contributed by atoms with Crippen LogP contribution in [0.4, 0.5) is 5.82 Å². The standard InChI is InChI=1S/C21H17N7S/c1-22-20-18(17-3-2-12-29-17)19(25-21(26-20)28-11-9-24-14-28)15-4-6-16(7-5-15)27-10-8-23-13-27/h2-14H,1H3,(H,22,25,26). The predicted octanol–water partition coefficient (Wildman–Crippen LogP) is 4.29. The maximum absolute atomic E-state index is 4.90. The van der Waals surface area contributed by atoms with E-state index in [9.17, 15) is 0 Å². The molecule has 4 aromatic heterocycles. The van der Waals surface area contributed by atoms with Crippen LogP contribution in [0.1, 0.15) is 0 Å². The number of anilines is 1. The maximum atomic E-state index is 4.90. The third-order valence-corrected chi connectivity index (χ3v) is 5.47. The molecule has 8 heteroatoms. The van der Waals surface area contributed by atoms with Crippen molar-refractivity contribution < 1.29 is 0 Å². The van der Waals surface area contributed by atoms with Crippen molar-refractivity contribution in [2.45, 2.75) is 0 Å². The fourth-order valence-corrected chi connectivity index (χ4v) is 3.96. The molecule has 0 unspecified atom stereocenters. The van der Waals surface area contributed by atoms with Gasteiger partial charge in [-0.2, -0.15) is 4.98 Å². The van der Waals surface area contributed by atoms with Gasteiger partial charge in [-0.15, -0.1) is 11.3 Å². The summed E-state index contributed by atoms with van der Waals surface area (Å²) in [5, 5.41) is 5.30. The molecule has 0 fully saturated rings. The summed E-state index contributed by atoms with van der Waals surface area (Å²) in [7, 11) is 1.88. The Kier molecular flexibility index (Phi) is 4.38. The van der Waals surface area contributed by atoms with Gasteiger partial charge in [0.15, 0.2) is 0 Å². The molecule has 0 atom stereocenters. The summed E-state index contributed by atoms with van der Waals surface area (Å²) < 4.78 is 3.78. The molecule has 0 aliphatic heterocycles. The van der Waals surface area contributed by atoms with Gasteiger partial charge in [0.25, 0.3) is 0 Å². The molecule has 0 spiro atoms. The van der Waals surface area contributed by atoms with E-state index in [2.05, 4.69) is 51.0 Å². The molecule has 1 aromatic carbocycles. The van der Waals surface area contributed by atoms with Crippen LogP contribution in [-0.4, -0.2) is 36.1 Å². The zero-order chi connectivity index (χ0) is 19.6. The Bertz CT molecular complexity index is 1210. The second kappa shape index (κ2) is 7.33. The van der Waals surface area contributed by atoms with Gasteiger partial charge < -0.3 is 9.88 Å². The average Bonchev–Trinajstić information content (AvgIpc) is 3.56. The number of thiophene rings is 1. The Morgan fingerprint density at radius 2 is 1.66 bits per heavy atom. The minimum atomic E-state index is 0.570. The first kappa shape index (κ1) is 17.3. The largest absolute Gasteiger partial charge is 0.372 e. The van der Waals surface area contributed by atoms with Crippen LogP contribution in [0.15, 0.2) is 79.2 Å². The normalized spacial score (nSPS) is 10.9. The zero-order valence-electron chi connectivity index (χ0n) is 15.6. The molecule has 5 aromatic rings. The van der Waals surface area contributed by atoms with Gasteiger partial charge in [-0.3, -0.25) is 4.57 Å². The Labute approximate surface area is 171 Å². The molecule has 142 valence electrons. The van der Waals surface area contributed by atoms with Crippen molar-refractivity contribution in [2.75, 3.05) is 12.4 Å². The smallest absolute Gasteiger partial charge is 0.237 e. The number of hydrogen-bond donors (Lipinski definition) is 1. The molecule has 0 aliphatic rings. The highest BCUT2D eigenvalue weighted by molar-refractivity contribution is 7.13. The topological polar surface area (TPSA) is 73.5 Å². The molecular weight excluding hydrogens is 382 g/mol. The van der Waals surface area contributed by atoms with Crippen molar-refractivity contribution in [3.05, 3.63) is 79.2 Å². The van der Waals surface area contributed by atoms with Gasteiger partial charge in [-0.1, -0.05) is 18.2 Å². The van der Waals surface area contributed by atoms with Gasteiger partial charge in [0.1, 0.15) is 12.1 Å². The van der Waals surface area contributed by atoms with Crippen LogP contribution >= 0.6 is 11.3 Å². The lowest BCUT2D eigenvalue weighted by Crippen LogP contribution is -2.06. The number of benzene rings is 1. The van der Waals surface area contributed by atoms with E-state index in [0.717, 1.165) is 33.2 Å². The molecular formula is C21H17N7S. The van der Waals surface area contributed by atoms with E-state index in [0.29, 0.717) is 5.95 Å². The van der Waals surface area contributed by atoms with E-state index in [-0.39, 0.29) is 0 Å². The number of hydrogen-bond acceptors (Lipinski definition) is 6. The minimum Gasteiger partial charge on any atom is -0.372 e. The first-order chi connectivity index (χ1) is 14.3. The molecule has 0 amide bonds. The van der Waals surface area contributed by atoms with Crippen molar-refractivity contribution in [1.82, 2.24) is 29.1 Å². The van der Waals surface area contributed by atoms with E-state index < -0.39 is 0 Å². The molecule has 0 saturated carbocycles. The number of aromatic nitrogens is 6. The predicted molar refractivity (Wildman–Crippen MR) is 115 cm³/mol. The molecule has 4 heterocycles. The van der Waals surface area contributed by atoms with Crippen LogP contribution in [0.25, 0.3) is 33.3 Å². The molecule has 1 N–H and O–H groups in total. The highest BCUT2D eigenvalue weighted by Gasteiger charge is 2.19. The molecule has 0 aliphatic carbocycles. The maximum Gasteiger partial charge on any atom is 0.237 e. The van der Waals surface area contributed by atoms with Crippen LogP contribution in [0.5, 0.6) is 0 Å². The van der Waals surface area contributed by atoms with E-state index in [4.69, 9.17) is 9.97 Å². The second-order valence-electron chi connectivity index (χ2n) is 6.31. The van der Waals surface area contributed by atoms with E-state index in [1.165, 1.54) is 0 Å². The summed E-state index contributed by atoms with van der Waals surface area (Å²) >= 11 is 1.67. The van der Waals surface area contributed by atoms with Gasteiger partial charge in [0.05, 0.1) is 17.6 Å². The molecule has 5 rings (SSSR count). The first-order valence-electron chi connectivity index (χ1n) is 9.04. The van der Waals surface area contributed by atoms with Crippen molar-refractivity contribution in [1.29, 1.82) is 0 Å². The summed E-state index contributed by atoms with van der Waals surface area (Å²) in [5.41, 5.74) is 3.91. The van der Waals surface area contributed by atoms with Crippen LogP contribution < -0.4 is 5.32 Å². The van der Waals surface area contributed by atoms with Crippen molar-refractivity contribution in [3.8, 4) is 33.3 Å². The number of nitrogens with zero attached hydrogens (tertiary/aromatic N) is 6. The van der Waals surface area contributed by atoms with E-state index in [1.807, 2.05) is 34.6 Å². The molecule has 0 saturated heterocycles. The Morgan fingerprint density at radius 1 is 0.897 bits per heavy atom. The van der Waals surface area contributed by atoms with Crippen molar-refractivity contribution >= 4 is 17.2 Å². The van der Waals surface area contributed by atoms with Gasteiger partial charge in [-0.05, 0) is 23.6 Å². The second-order valence-corrected chi connectivity index (χ2v) is 7.26. The van der Waals surface area contributed by atoms with Crippen LogP contribution in [0.3, 0.4) is 0 Å². The van der Waals surface area contributed by atoms with Gasteiger partial charge in [0, 0.05) is 48.0 Å². The lowest BCUT2D eigenvalue weighted by atomic mass is 10.0. The van der Waals surface area contributed by atoms with Crippen LogP contribution in [0.2, 0.25) is 0 Å². The highest BCUT2D eigenvalue weighted by Crippen LogP contribution is 2.38. The monoisotopic (exact) mass is 399 g/mol. The van der Waals surface area contributed by atoms with Crippen molar-refractivity contribution in [2.24, 2.45) is 0 Å². The highest BCUT2D eigenvalue weighted by atomic mass is 32.1. The SMILES string of the molecule is CNc1nc(-n2ccnc2)nc(-c2ccc(-n3ccnc3)cc2)c1-c1cccs1. The number of nitrogens with one attached hydrogen (secondary N) is 1. The fraction of sp³-hybridized carbons (Fsp3) is 0.0476. The Morgan fingerprint density at radius 3 is 2.28 bits per heavy atom. The lowest BCUT2D eigenvalue weighted by Gasteiger charge is -2.15. The third-order valence-electron chi connectivity index (χ3n) is 4.58. The van der Waals surface area contributed by atoms with Gasteiger partial charge in [0.2, 0.25) is 5.95 Å². The Balaban J connectivity index is 1.70. The quantitative estimate of drug-likeness (QED) is 0.477. The van der Waals surface area contributed by atoms with E-state index >= 15 is 0 Å². The van der Waals surface area contributed by atoms with Crippen molar-refractivity contribution in [3.63, 3.8) is 0 Å². The van der Waals surface area contributed by atoms with Crippen LogP contribution in [-0.2, 0) is 0 Å². The third kappa shape index (κ3) is 3.19. The summed E-state index contributed by atoms with van der Waals surface area (Å²) in [4.78, 5) is 19.0. The lowest BCUT2D eigenvalue weighted by molar-refractivity contribution is 0.931. The van der Waals surface area contributed by atoms with E-state index in [1.54, 1.807) is 36.4 Å². The molecule has 29 heavy (non-hydrogen) atoms. The molecule has 0 radical (unpaired) electrons. The first-order valence-corrected chi connectivity index (χ1v) is 9.92. The molecule has 0 bridgehead atoms. The minimum absolute atomic E-state index is 0.570. The fourth-order valence-electron chi connectivity index (χ4n) is 3.19. The zero-order valence-corrected chi connectivity index (χ0v) is 16.4. The number of imidazole rings is 2. The summed E-state index contributed by atoms with van der Waals surface area (Å²) in [6.45, 7) is 0. The van der Waals surface area contributed by atoms with Gasteiger partial charge >= 0.3 is 0 Å². The average molecular weight is 399 g/mol. The van der Waals surface area contributed by atoms with Gasteiger partial charge in [-0.25, -0.2) is 15.0 Å². The Hall–Kier alpha value is -3.78. The summed E-state index contributed by atoms with van der Waals surface area (Å²) in [6.07, 6.45) is 10.7.